The third-order valence-corrected chi connectivity index (χ3v) is 5.37. The molecule has 0 unspecified atom stereocenters. The predicted octanol–water partition coefficient (Wildman–Crippen LogP) is 2.16. The smallest absolute Gasteiger partial charge is 0.243 e. The fourth-order valence-corrected chi connectivity index (χ4v) is 3.70. The first-order chi connectivity index (χ1) is 9.80. The van der Waals surface area contributed by atoms with Gasteiger partial charge in [0.15, 0.2) is 5.82 Å². The van der Waals surface area contributed by atoms with E-state index in [1.54, 1.807) is 7.11 Å². The highest BCUT2D eigenvalue weighted by molar-refractivity contribution is 7.89. The zero-order chi connectivity index (χ0) is 15.7. The zero-order valence-electron chi connectivity index (χ0n) is 11.7. The number of ether oxygens (including phenoxy) is 1. The molecular formula is C13H18ClFN2O3S. The standard InChI is InChI=1S/C13H18ClFN2O3S/c1-20-5-4-13(2-3-13)8-17-21(18,19)11-7-9(14)6-10(16)12(11)15/h6-7,17H,2-5,8,16H2,1H3. The SMILES string of the molecule is COCCC1(CNS(=O)(=O)c2cc(Cl)cc(N)c2F)CC1. The van der Waals surface area contributed by atoms with E-state index in [4.69, 9.17) is 22.1 Å². The van der Waals surface area contributed by atoms with Crippen LogP contribution in [0.5, 0.6) is 0 Å². The molecule has 0 spiro atoms. The lowest BCUT2D eigenvalue weighted by Crippen LogP contribution is -2.31. The van der Waals surface area contributed by atoms with Crippen LogP contribution in [-0.4, -0.2) is 28.7 Å². The molecular weight excluding hydrogens is 319 g/mol. The molecule has 3 N–H and O–H groups in total. The molecule has 1 saturated carbocycles. The Kier molecular flexibility index (Phi) is 4.77. The van der Waals surface area contributed by atoms with Crippen LogP contribution < -0.4 is 10.5 Å². The van der Waals surface area contributed by atoms with E-state index in [9.17, 15) is 12.8 Å². The van der Waals surface area contributed by atoms with Gasteiger partial charge in [0.2, 0.25) is 10.0 Å². The predicted molar refractivity (Wildman–Crippen MR) is 79.2 cm³/mol. The van der Waals surface area contributed by atoms with Gasteiger partial charge < -0.3 is 10.5 Å². The maximum atomic E-state index is 13.9. The summed E-state index contributed by atoms with van der Waals surface area (Å²) < 4.78 is 45.8. The van der Waals surface area contributed by atoms with Crippen molar-refractivity contribution in [3.05, 3.63) is 23.0 Å². The highest BCUT2D eigenvalue weighted by Crippen LogP contribution is 2.48. The van der Waals surface area contributed by atoms with Crippen LogP contribution in [0.2, 0.25) is 5.02 Å². The van der Waals surface area contributed by atoms with Gasteiger partial charge in [-0.25, -0.2) is 17.5 Å². The Morgan fingerprint density at radius 2 is 2.14 bits per heavy atom. The van der Waals surface area contributed by atoms with Gasteiger partial charge in [-0.15, -0.1) is 0 Å². The minimum Gasteiger partial charge on any atom is -0.396 e. The molecule has 0 atom stereocenters. The van der Waals surface area contributed by atoms with Crippen LogP contribution in [0.1, 0.15) is 19.3 Å². The molecule has 21 heavy (non-hydrogen) atoms. The van der Waals surface area contributed by atoms with E-state index in [0.717, 1.165) is 25.3 Å². The lowest BCUT2D eigenvalue weighted by atomic mass is 10.0. The molecule has 0 bridgehead atoms. The van der Waals surface area contributed by atoms with Crippen molar-refractivity contribution < 1.29 is 17.5 Å². The molecule has 0 radical (unpaired) electrons. The number of nitrogens with one attached hydrogen (secondary N) is 1. The van der Waals surface area contributed by atoms with Gasteiger partial charge in [0.05, 0.1) is 5.69 Å². The Hall–Kier alpha value is -0.890. The number of hydrogen-bond acceptors (Lipinski definition) is 4. The molecule has 1 aliphatic carbocycles. The highest BCUT2D eigenvalue weighted by Gasteiger charge is 2.42. The molecule has 118 valence electrons. The lowest BCUT2D eigenvalue weighted by molar-refractivity contribution is 0.173. The molecule has 0 heterocycles. The number of hydrogen-bond donors (Lipinski definition) is 2. The number of benzene rings is 1. The van der Waals surface area contributed by atoms with Gasteiger partial charge >= 0.3 is 0 Å². The summed E-state index contributed by atoms with van der Waals surface area (Å²) in [5.74, 6) is -0.978. The van der Waals surface area contributed by atoms with Gasteiger partial charge in [-0.3, -0.25) is 0 Å². The normalized spacial score (nSPS) is 16.9. The second-order valence-electron chi connectivity index (χ2n) is 5.37. The molecule has 2 rings (SSSR count). The molecule has 5 nitrogen and oxygen atoms in total. The molecule has 0 aromatic heterocycles. The summed E-state index contributed by atoms with van der Waals surface area (Å²) in [6, 6.07) is 2.24. The van der Waals surface area contributed by atoms with Gasteiger partial charge in [-0.1, -0.05) is 11.6 Å². The van der Waals surface area contributed by atoms with Crippen LogP contribution in [0.15, 0.2) is 17.0 Å². The van der Waals surface area contributed by atoms with Crippen molar-refractivity contribution in [2.45, 2.75) is 24.2 Å². The first-order valence-electron chi connectivity index (χ1n) is 6.53. The molecule has 0 saturated heterocycles. The molecule has 0 amide bonds. The Morgan fingerprint density at radius 3 is 2.71 bits per heavy atom. The van der Waals surface area contributed by atoms with Crippen molar-refractivity contribution in [3.63, 3.8) is 0 Å². The van der Waals surface area contributed by atoms with Crippen molar-refractivity contribution in [1.29, 1.82) is 0 Å². The molecule has 1 fully saturated rings. The van der Waals surface area contributed by atoms with Crippen LogP contribution in [0.3, 0.4) is 0 Å². The molecule has 1 aromatic rings. The minimum atomic E-state index is -3.98. The van der Waals surface area contributed by atoms with Crippen LogP contribution in [0, 0.1) is 11.2 Å². The van der Waals surface area contributed by atoms with E-state index in [2.05, 4.69) is 4.72 Å². The fourth-order valence-electron chi connectivity index (χ4n) is 2.12. The fraction of sp³-hybridized carbons (Fsp3) is 0.538. The summed E-state index contributed by atoms with van der Waals surface area (Å²) in [6.45, 7) is 0.824. The minimum absolute atomic E-state index is 0.0785. The van der Waals surface area contributed by atoms with E-state index < -0.39 is 20.7 Å². The quantitative estimate of drug-likeness (QED) is 0.748. The molecule has 8 heteroatoms. The lowest BCUT2D eigenvalue weighted by Gasteiger charge is -2.16. The Labute approximate surface area is 128 Å². The van der Waals surface area contributed by atoms with Crippen molar-refractivity contribution in [3.8, 4) is 0 Å². The second kappa shape index (κ2) is 6.08. The largest absolute Gasteiger partial charge is 0.396 e. The zero-order valence-corrected chi connectivity index (χ0v) is 13.2. The van der Waals surface area contributed by atoms with Gasteiger partial charge in [-0.2, -0.15) is 0 Å². The molecule has 1 aliphatic rings. The number of halogens is 2. The molecule has 0 aliphatic heterocycles. The summed E-state index contributed by atoms with van der Waals surface area (Å²) in [6.07, 6.45) is 2.63. The average Bonchev–Trinajstić information content (AvgIpc) is 3.19. The van der Waals surface area contributed by atoms with E-state index >= 15 is 0 Å². The molecule has 1 aromatic carbocycles. The van der Waals surface area contributed by atoms with Crippen LogP contribution in [0.25, 0.3) is 0 Å². The van der Waals surface area contributed by atoms with Crippen molar-refractivity contribution in [2.75, 3.05) is 26.0 Å². The summed E-state index contributed by atoms with van der Waals surface area (Å²) in [7, 11) is -2.38. The van der Waals surface area contributed by atoms with E-state index in [1.807, 2.05) is 0 Å². The number of nitrogens with two attached hydrogens (primary N) is 1. The van der Waals surface area contributed by atoms with E-state index in [1.165, 1.54) is 6.07 Å². The Bertz CT molecular complexity index is 633. The summed E-state index contributed by atoms with van der Waals surface area (Å²) in [5, 5.41) is 0.0785. The average molecular weight is 337 g/mol. The topological polar surface area (TPSA) is 81.4 Å². The van der Waals surface area contributed by atoms with Gasteiger partial charge in [0, 0.05) is 25.3 Å². The first-order valence-corrected chi connectivity index (χ1v) is 8.39. The van der Waals surface area contributed by atoms with Crippen LogP contribution >= 0.6 is 11.6 Å². The van der Waals surface area contributed by atoms with E-state index in [-0.39, 0.29) is 22.7 Å². The Morgan fingerprint density at radius 1 is 1.48 bits per heavy atom. The van der Waals surface area contributed by atoms with Gasteiger partial charge in [0.1, 0.15) is 4.90 Å². The van der Waals surface area contributed by atoms with Gasteiger partial charge in [0.25, 0.3) is 0 Å². The third kappa shape index (κ3) is 3.85. The first kappa shape index (κ1) is 16.5. The van der Waals surface area contributed by atoms with Crippen molar-refractivity contribution >= 4 is 27.3 Å². The Balaban J connectivity index is 2.13. The monoisotopic (exact) mass is 336 g/mol. The third-order valence-electron chi connectivity index (χ3n) is 3.75. The highest BCUT2D eigenvalue weighted by atomic mass is 35.5. The van der Waals surface area contributed by atoms with Gasteiger partial charge in [-0.05, 0) is 36.8 Å². The number of rotatable bonds is 7. The summed E-state index contributed by atoms with van der Waals surface area (Å²) >= 11 is 5.74. The number of anilines is 1. The van der Waals surface area contributed by atoms with Crippen LogP contribution in [-0.2, 0) is 14.8 Å². The maximum Gasteiger partial charge on any atom is 0.243 e. The van der Waals surface area contributed by atoms with E-state index in [0.29, 0.717) is 6.61 Å². The number of sulfonamides is 1. The summed E-state index contributed by atoms with van der Waals surface area (Å²) in [4.78, 5) is -0.518. The maximum absolute atomic E-state index is 13.9. The number of methoxy groups -OCH3 is 1. The number of nitrogen functional groups attached to an aromatic ring is 1. The second-order valence-corrected chi connectivity index (χ2v) is 7.55. The van der Waals surface area contributed by atoms with Crippen molar-refractivity contribution in [1.82, 2.24) is 4.72 Å². The van der Waals surface area contributed by atoms with Crippen LogP contribution in [0.4, 0.5) is 10.1 Å². The summed E-state index contributed by atoms with van der Waals surface area (Å²) in [5.41, 5.74) is 5.04. The van der Waals surface area contributed by atoms with Crippen molar-refractivity contribution in [2.24, 2.45) is 5.41 Å².